The Labute approximate surface area is 117 Å². The van der Waals surface area contributed by atoms with Gasteiger partial charge in [0.05, 0.1) is 0 Å². The molecule has 0 spiro atoms. The fraction of sp³-hybridized carbons (Fsp3) is 0.688. The highest BCUT2D eigenvalue weighted by Gasteiger charge is 2.16. The molecule has 19 heavy (non-hydrogen) atoms. The Morgan fingerprint density at radius 2 is 2.00 bits per heavy atom. The molecule has 3 heteroatoms. The molecule has 0 aromatic carbocycles. The van der Waals surface area contributed by atoms with E-state index in [0.717, 1.165) is 30.4 Å². The summed E-state index contributed by atoms with van der Waals surface area (Å²) in [4.78, 5) is 7.05. The smallest absolute Gasteiger partial charge is 0.128 e. The highest BCUT2D eigenvalue weighted by molar-refractivity contribution is 5.42. The van der Waals surface area contributed by atoms with Crippen molar-refractivity contribution in [3.05, 3.63) is 23.4 Å². The summed E-state index contributed by atoms with van der Waals surface area (Å²) in [5.74, 6) is 1.93. The molecule has 1 aromatic heterocycles. The van der Waals surface area contributed by atoms with E-state index in [1.807, 2.05) is 0 Å². The van der Waals surface area contributed by atoms with Crippen molar-refractivity contribution in [3.63, 3.8) is 0 Å². The minimum absolute atomic E-state index is 0.597. The summed E-state index contributed by atoms with van der Waals surface area (Å²) in [6, 6.07) is 4.26. The zero-order chi connectivity index (χ0) is 13.7. The van der Waals surface area contributed by atoms with Gasteiger partial charge in [-0.15, -0.1) is 0 Å². The van der Waals surface area contributed by atoms with Gasteiger partial charge in [0.2, 0.25) is 0 Å². The minimum atomic E-state index is 0.597. The van der Waals surface area contributed by atoms with E-state index in [2.05, 4.69) is 31.0 Å². The highest BCUT2D eigenvalue weighted by Crippen LogP contribution is 2.25. The first kappa shape index (κ1) is 14.3. The van der Waals surface area contributed by atoms with Crippen LogP contribution in [0.15, 0.2) is 12.1 Å². The van der Waals surface area contributed by atoms with Crippen molar-refractivity contribution in [2.75, 3.05) is 18.5 Å². The van der Waals surface area contributed by atoms with E-state index in [4.69, 9.17) is 10.7 Å². The number of aryl methyl sites for hydroxylation is 1. The van der Waals surface area contributed by atoms with Gasteiger partial charge in [-0.25, -0.2) is 4.98 Å². The third kappa shape index (κ3) is 3.93. The van der Waals surface area contributed by atoms with Crippen molar-refractivity contribution in [3.8, 4) is 0 Å². The lowest BCUT2D eigenvalue weighted by molar-refractivity contribution is 0.361. The van der Waals surface area contributed by atoms with Crippen LogP contribution < -0.4 is 10.6 Å². The number of rotatable bonds is 5. The minimum Gasteiger partial charge on any atom is -0.359 e. The largest absolute Gasteiger partial charge is 0.359 e. The summed E-state index contributed by atoms with van der Waals surface area (Å²) in [7, 11) is 2.16. The number of nitrogens with zero attached hydrogens (tertiary/aromatic N) is 2. The normalized spacial score (nSPS) is 16.6. The summed E-state index contributed by atoms with van der Waals surface area (Å²) >= 11 is 0. The maximum atomic E-state index is 5.78. The van der Waals surface area contributed by atoms with Crippen molar-refractivity contribution >= 4 is 5.82 Å². The predicted octanol–water partition coefficient (Wildman–Crippen LogP) is 3.12. The Balaban J connectivity index is 2.06. The van der Waals surface area contributed by atoms with Crippen molar-refractivity contribution in [2.45, 2.75) is 52.0 Å². The fourth-order valence-electron chi connectivity index (χ4n) is 2.98. The van der Waals surface area contributed by atoms with E-state index in [1.165, 1.54) is 37.7 Å². The molecule has 0 radical (unpaired) electrons. The molecule has 1 aromatic rings. The van der Waals surface area contributed by atoms with Crippen LogP contribution in [0.3, 0.4) is 0 Å². The summed E-state index contributed by atoms with van der Waals surface area (Å²) < 4.78 is 0. The van der Waals surface area contributed by atoms with E-state index in [9.17, 15) is 0 Å². The molecule has 0 aliphatic heterocycles. The molecule has 1 fully saturated rings. The van der Waals surface area contributed by atoms with Crippen molar-refractivity contribution in [1.29, 1.82) is 0 Å². The maximum absolute atomic E-state index is 5.78. The lowest BCUT2D eigenvalue weighted by Crippen LogP contribution is -2.27. The molecule has 1 saturated carbocycles. The average Bonchev–Trinajstić information content (AvgIpc) is 2.47. The van der Waals surface area contributed by atoms with E-state index in [0.29, 0.717) is 6.54 Å². The van der Waals surface area contributed by atoms with E-state index in [1.54, 1.807) is 0 Å². The average molecular weight is 261 g/mol. The Hall–Kier alpha value is -1.09. The molecule has 0 bridgehead atoms. The van der Waals surface area contributed by atoms with E-state index in [-0.39, 0.29) is 0 Å². The van der Waals surface area contributed by atoms with Crippen LogP contribution in [0.25, 0.3) is 0 Å². The number of anilines is 1. The zero-order valence-corrected chi connectivity index (χ0v) is 12.4. The third-order valence-corrected chi connectivity index (χ3v) is 4.17. The third-order valence-electron chi connectivity index (χ3n) is 4.17. The molecule has 2 rings (SSSR count). The van der Waals surface area contributed by atoms with Gasteiger partial charge in [-0.05, 0) is 42.9 Å². The summed E-state index contributed by atoms with van der Waals surface area (Å²) in [6.07, 6.45) is 7.94. The van der Waals surface area contributed by atoms with Gasteiger partial charge in [-0.1, -0.05) is 26.2 Å². The van der Waals surface area contributed by atoms with E-state index < -0.39 is 0 Å². The molecule has 1 aliphatic carbocycles. The molecule has 0 saturated heterocycles. The van der Waals surface area contributed by atoms with Crippen molar-refractivity contribution < 1.29 is 0 Å². The van der Waals surface area contributed by atoms with Gasteiger partial charge in [-0.3, -0.25) is 0 Å². The van der Waals surface area contributed by atoms with Gasteiger partial charge in [-0.2, -0.15) is 0 Å². The van der Waals surface area contributed by atoms with Gasteiger partial charge >= 0.3 is 0 Å². The first-order valence-corrected chi connectivity index (χ1v) is 7.64. The number of hydrogen-bond donors (Lipinski definition) is 1. The van der Waals surface area contributed by atoms with Crippen LogP contribution >= 0.6 is 0 Å². The molecule has 106 valence electrons. The highest BCUT2D eigenvalue weighted by atomic mass is 15.2. The molecule has 2 N–H and O–H groups in total. The van der Waals surface area contributed by atoms with Crippen molar-refractivity contribution in [2.24, 2.45) is 11.7 Å². The Morgan fingerprint density at radius 1 is 1.26 bits per heavy atom. The number of aromatic nitrogens is 1. The van der Waals surface area contributed by atoms with Crippen LogP contribution in [-0.4, -0.2) is 18.6 Å². The molecule has 0 unspecified atom stereocenters. The second-order valence-corrected chi connectivity index (χ2v) is 5.77. The van der Waals surface area contributed by atoms with Crippen LogP contribution in [0.1, 0.15) is 50.3 Å². The molecular formula is C16H27N3. The lowest BCUT2D eigenvalue weighted by atomic mass is 9.89. The molecule has 1 aliphatic rings. The Kier molecular flexibility index (Phi) is 5.20. The molecule has 3 nitrogen and oxygen atoms in total. The zero-order valence-electron chi connectivity index (χ0n) is 12.4. The number of pyridine rings is 1. The molecule has 0 amide bonds. The standard InChI is InChI=1S/C16H27N3/c1-3-15-9-14(11-17)10-16(18-15)19(2)12-13-7-5-4-6-8-13/h9-10,13H,3-8,11-12,17H2,1-2H3. The van der Waals surface area contributed by atoms with Gasteiger partial charge in [0.1, 0.15) is 5.82 Å². The second-order valence-electron chi connectivity index (χ2n) is 5.77. The molecular weight excluding hydrogens is 234 g/mol. The molecule has 1 heterocycles. The topological polar surface area (TPSA) is 42.1 Å². The van der Waals surface area contributed by atoms with E-state index >= 15 is 0 Å². The van der Waals surface area contributed by atoms with Crippen molar-refractivity contribution in [1.82, 2.24) is 4.98 Å². The second kappa shape index (κ2) is 6.90. The summed E-state index contributed by atoms with van der Waals surface area (Å²) in [5, 5.41) is 0. The summed E-state index contributed by atoms with van der Waals surface area (Å²) in [5.41, 5.74) is 8.12. The van der Waals surface area contributed by atoms with Crippen LogP contribution in [-0.2, 0) is 13.0 Å². The molecule has 0 atom stereocenters. The maximum Gasteiger partial charge on any atom is 0.128 e. The van der Waals surface area contributed by atoms with Crippen LogP contribution in [0, 0.1) is 5.92 Å². The SMILES string of the molecule is CCc1cc(CN)cc(N(C)CC2CCCCC2)n1. The van der Waals surface area contributed by atoms with Crippen LogP contribution in [0.2, 0.25) is 0 Å². The van der Waals surface area contributed by atoms with Gasteiger partial charge in [0.15, 0.2) is 0 Å². The van der Waals surface area contributed by atoms with Crippen LogP contribution in [0.4, 0.5) is 5.82 Å². The first-order valence-electron chi connectivity index (χ1n) is 7.64. The number of hydrogen-bond acceptors (Lipinski definition) is 3. The first-order chi connectivity index (χ1) is 9.22. The van der Waals surface area contributed by atoms with Gasteiger partial charge < -0.3 is 10.6 Å². The van der Waals surface area contributed by atoms with Gasteiger partial charge in [0, 0.05) is 25.8 Å². The number of nitrogens with two attached hydrogens (primary N) is 1. The summed E-state index contributed by atoms with van der Waals surface area (Å²) in [6.45, 7) is 3.87. The fourth-order valence-corrected chi connectivity index (χ4v) is 2.98. The lowest BCUT2D eigenvalue weighted by Gasteiger charge is -2.28. The monoisotopic (exact) mass is 261 g/mol. The van der Waals surface area contributed by atoms with Crippen LogP contribution in [0.5, 0.6) is 0 Å². The predicted molar refractivity (Wildman–Crippen MR) is 81.4 cm³/mol. The Bertz CT molecular complexity index is 375. The quantitative estimate of drug-likeness (QED) is 0.885. The Morgan fingerprint density at radius 3 is 2.63 bits per heavy atom. The van der Waals surface area contributed by atoms with Gasteiger partial charge in [0.25, 0.3) is 0 Å².